The number of phenolic OH excluding ortho intramolecular Hbond substituents is 1. The first-order valence-electron chi connectivity index (χ1n) is 5.73. The summed E-state index contributed by atoms with van der Waals surface area (Å²) >= 11 is 0. The molecule has 0 unspecified atom stereocenters. The molecule has 0 aromatic heterocycles. The monoisotopic (exact) mass is 283 g/mol. The molecule has 0 saturated heterocycles. The minimum Gasteiger partial charge on any atom is -0.506 e. The quantitative estimate of drug-likeness (QED) is 0.668. The van der Waals surface area contributed by atoms with Crippen molar-refractivity contribution < 1.29 is 23.0 Å². The zero-order valence-corrected chi connectivity index (χ0v) is 10.3. The maximum absolute atomic E-state index is 12.4. The molecule has 0 bridgehead atoms. The van der Waals surface area contributed by atoms with Gasteiger partial charge in [0.2, 0.25) is 0 Å². The number of rotatable bonds is 3. The van der Waals surface area contributed by atoms with Crippen molar-refractivity contribution in [2.24, 2.45) is 0 Å². The molecule has 0 heterocycles. The van der Waals surface area contributed by atoms with Crippen molar-refractivity contribution in [2.75, 3.05) is 5.73 Å². The fourth-order valence-electron chi connectivity index (χ4n) is 1.59. The highest BCUT2D eigenvalue weighted by molar-refractivity contribution is 5.52. The minimum atomic E-state index is -4.36. The van der Waals surface area contributed by atoms with Crippen molar-refractivity contribution in [1.82, 2.24) is 0 Å². The zero-order chi connectivity index (χ0) is 14.8. The number of ether oxygens (including phenoxy) is 1. The Labute approximate surface area is 113 Å². The van der Waals surface area contributed by atoms with E-state index >= 15 is 0 Å². The number of aromatic hydroxyl groups is 1. The standard InChI is InChI=1S/C14H12F3NO2/c15-14(16,17)10-2-4-11(5-3-10)20-8-9-1-6-12(18)13(19)7-9/h1-7,19H,8,18H2. The first-order valence-corrected chi connectivity index (χ1v) is 5.73. The number of nitrogens with two attached hydrogens (primary N) is 1. The lowest BCUT2D eigenvalue weighted by Gasteiger charge is -2.09. The van der Waals surface area contributed by atoms with Gasteiger partial charge >= 0.3 is 6.18 Å². The number of alkyl halides is 3. The van der Waals surface area contributed by atoms with Crippen LogP contribution in [-0.4, -0.2) is 5.11 Å². The molecular formula is C14H12F3NO2. The smallest absolute Gasteiger partial charge is 0.416 e. The van der Waals surface area contributed by atoms with Crippen LogP contribution in [0.1, 0.15) is 11.1 Å². The predicted octanol–water partition coefficient (Wildman–Crippen LogP) is 3.57. The van der Waals surface area contributed by atoms with E-state index in [4.69, 9.17) is 10.5 Å². The summed E-state index contributed by atoms with van der Waals surface area (Å²) in [7, 11) is 0. The molecule has 2 aromatic rings. The van der Waals surface area contributed by atoms with E-state index in [2.05, 4.69) is 0 Å². The second-order valence-electron chi connectivity index (χ2n) is 4.20. The molecule has 6 heteroatoms. The number of halogens is 3. The summed E-state index contributed by atoms with van der Waals surface area (Å²) in [5, 5.41) is 9.42. The zero-order valence-electron chi connectivity index (χ0n) is 10.3. The van der Waals surface area contributed by atoms with Crippen molar-refractivity contribution in [3.63, 3.8) is 0 Å². The van der Waals surface area contributed by atoms with E-state index in [1.54, 1.807) is 6.07 Å². The largest absolute Gasteiger partial charge is 0.506 e. The Morgan fingerprint density at radius 2 is 1.70 bits per heavy atom. The third-order valence-corrected chi connectivity index (χ3v) is 2.68. The topological polar surface area (TPSA) is 55.5 Å². The third kappa shape index (κ3) is 3.34. The molecule has 20 heavy (non-hydrogen) atoms. The molecule has 0 aliphatic rings. The number of anilines is 1. The molecule has 0 amide bonds. The lowest BCUT2D eigenvalue weighted by Crippen LogP contribution is -2.04. The van der Waals surface area contributed by atoms with Gasteiger partial charge in [-0.25, -0.2) is 0 Å². The number of phenols is 1. The van der Waals surface area contributed by atoms with Crippen molar-refractivity contribution >= 4 is 5.69 Å². The van der Waals surface area contributed by atoms with Crippen LogP contribution in [0.2, 0.25) is 0 Å². The fraction of sp³-hybridized carbons (Fsp3) is 0.143. The van der Waals surface area contributed by atoms with Gasteiger partial charge in [-0.1, -0.05) is 6.07 Å². The predicted molar refractivity (Wildman–Crippen MR) is 68.3 cm³/mol. The van der Waals surface area contributed by atoms with Gasteiger partial charge in [-0.05, 0) is 42.0 Å². The highest BCUT2D eigenvalue weighted by Crippen LogP contribution is 2.30. The van der Waals surface area contributed by atoms with Gasteiger partial charge in [-0.2, -0.15) is 13.2 Å². The average Bonchev–Trinajstić information content (AvgIpc) is 2.40. The molecule has 0 aliphatic carbocycles. The summed E-state index contributed by atoms with van der Waals surface area (Å²) in [4.78, 5) is 0. The lowest BCUT2D eigenvalue weighted by atomic mass is 10.2. The van der Waals surface area contributed by atoms with E-state index < -0.39 is 11.7 Å². The van der Waals surface area contributed by atoms with Crippen LogP contribution in [0, 0.1) is 0 Å². The van der Waals surface area contributed by atoms with Crippen LogP contribution in [0.5, 0.6) is 11.5 Å². The van der Waals surface area contributed by atoms with Gasteiger partial charge in [-0.3, -0.25) is 0 Å². The van der Waals surface area contributed by atoms with Crippen LogP contribution in [0.3, 0.4) is 0 Å². The highest BCUT2D eigenvalue weighted by atomic mass is 19.4. The van der Waals surface area contributed by atoms with E-state index in [1.807, 2.05) is 0 Å². The first-order chi connectivity index (χ1) is 9.36. The number of hydrogen-bond acceptors (Lipinski definition) is 3. The normalized spacial score (nSPS) is 11.3. The Morgan fingerprint density at radius 3 is 2.25 bits per heavy atom. The SMILES string of the molecule is Nc1ccc(COc2ccc(C(F)(F)F)cc2)cc1O. The van der Waals surface area contributed by atoms with Gasteiger partial charge in [-0.15, -0.1) is 0 Å². The first kappa shape index (κ1) is 14.0. The van der Waals surface area contributed by atoms with Crippen molar-refractivity contribution in [3.8, 4) is 11.5 Å². The summed E-state index contributed by atoms with van der Waals surface area (Å²) in [6, 6.07) is 9.05. The second kappa shape index (κ2) is 5.32. The van der Waals surface area contributed by atoms with E-state index in [0.29, 0.717) is 11.3 Å². The van der Waals surface area contributed by atoms with E-state index in [1.165, 1.54) is 24.3 Å². The van der Waals surface area contributed by atoms with Crippen LogP contribution in [0.15, 0.2) is 42.5 Å². The van der Waals surface area contributed by atoms with Gasteiger partial charge in [0.05, 0.1) is 11.3 Å². The van der Waals surface area contributed by atoms with Crippen LogP contribution in [0.4, 0.5) is 18.9 Å². The fourth-order valence-corrected chi connectivity index (χ4v) is 1.59. The average molecular weight is 283 g/mol. The number of benzene rings is 2. The van der Waals surface area contributed by atoms with Crippen LogP contribution in [0.25, 0.3) is 0 Å². The molecule has 3 nitrogen and oxygen atoms in total. The molecule has 0 aliphatic heterocycles. The molecule has 2 rings (SSSR count). The van der Waals surface area contributed by atoms with Gasteiger partial charge in [0.25, 0.3) is 0 Å². The van der Waals surface area contributed by atoms with Crippen LogP contribution < -0.4 is 10.5 Å². The van der Waals surface area contributed by atoms with Gasteiger partial charge < -0.3 is 15.6 Å². The molecule has 0 saturated carbocycles. The maximum Gasteiger partial charge on any atom is 0.416 e. The van der Waals surface area contributed by atoms with E-state index in [-0.39, 0.29) is 18.0 Å². The Kier molecular flexibility index (Phi) is 3.74. The molecule has 0 atom stereocenters. The molecule has 0 spiro atoms. The Balaban J connectivity index is 2.02. The van der Waals surface area contributed by atoms with Crippen molar-refractivity contribution in [1.29, 1.82) is 0 Å². The highest BCUT2D eigenvalue weighted by Gasteiger charge is 2.29. The van der Waals surface area contributed by atoms with Gasteiger partial charge in [0, 0.05) is 0 Å². The number of hydrogen-bond donors (Lipinski definition) is 2. The van der Waals surface area contributed by atoms with E-state index in [9.17, 15) is 18.3 Å². The lowest BCUT2D eigenvalue weighted by molar-refractivity contribution is -0.137. The maximum atomic E-state index is 12.4. The third-order valence-electron chi connectivity index (χ3n) is 2.68. The summed E-state index contributed by atoms with van der Waals surface area (Å²) in [6.07, 6.45) is -4.36. The molecule has 3 N–H and O–H groups in total. The van der Waals surface area contributed by atoms with Gasteiger partial charge in [0.15, 0.2) is 0 Å². The van der Waals surface area contributed by atoms with E-state index in [0.717, 1.165) is 12.1 Å². The molecule has 2 aromatic carbocycles. The summed E-state index contributed by atoms with van der Waals surface area (Å²) in [5.41, 5.74) is 5.65. The van der Waals surface area contributed by atoms with Crippen molar-refractivity contribution in [3.05, 3.63) is 53.6 Å². The number of nitrogen functional groups attached to an aromatic ring is 1. The van der Waals surface area contributed by atoms with Gasteiger partial charge in [0.1, 0.15) is 18.1 Å². The Morgan fingerprint density at radius 1 is 1.05 bits per heavy atom. The Bertz CT molecular complexity index is 594. The Hall–Kier alpha value is -2.37. The van der Waals surface area contributed by atoms with Crippen LogP contribution >= 0.6 is 0 Å². The summed E-state index contributed by atoms with van der Waals surface area (Å²) < 4.78 is 42.5. The second-order valence-corrected chi connectivity index (χ2v) is 4.20. The minimum absolute atomic E-state index is 0.0569. The molecular weight excluding hydrogens is 271 g/mol. The molecule has 0 radical (unpaired) electrons. The molecule has 106 valence electrons. The summed E-state index contributed by atoms with van der Waals surface area (Å²) in [6.45, 7) is 0.124. The van der Waals surface area contributed by atoms with Crippen molar-refractivity contribution in [2.45, 2.75) is 12.8 Å². The van der Waals surface area contributed by atoms with Crippen LogP contribution in [-0.2, 0) is 12.8 Å². The molecule has 0 fully saturated rings. The summed E-state index contributed by atoms with van der Waals surface area (Å²) in [5.74, 6) is 0.257.